The second-order valence-electron chi connectivity index (χ2n) is 4.95. The van der Waals surface area contributed by atoms with Crippen molar-refractivity contribution in [2.45, 2.75) is 6.54 Å². The quantitative estimate of drug-likeness (QED) is 0.654. The molecule has 0 aliphatic heterocycles. The number of nitrogens with one attached hydrogen (secondary N) is 1. The van der Waals surface area contributed by atoms with Crippen LogP contribution in [0, 0.1) is 9.39 Å². The Balaban J connectivity index is 1.71. The zero-order chi connectivity index (χ0) is 16.4. The maximum absolute atomic E-state index is 13.2. The van der Waals surface area contributed by atoms with Gasteiger partial charge in [-0.05, 0) is 40.3 Å². The minimum absolute atomic E-state index is 0.273. The topological polar surface area (TPSA) is 64.7 Å². The van der Waals surface area contributed by atoms with Crippen molar-refractivity contribution in [1.29, 1.82) is 0 Å². The zero-order valence-corrected chi connectivity index (χ0v) is 14.4. The van der Waals surface area contributed by atoms with Crippen molar-refractivity contribution in [3.63, 3.8) is 0 Å². The number of carbonyl (C=O) groups excluding carboxylic acids is 1. The summed E-state index contributed by atoms with van der Waals surface area (Å²) < 4.78 is 17.1. The number of nitrogens with zero attached hydrogens (tertiary/aromatic N) is 4. The Hall–Kier alpha value is -2.23. The van der Waals surface area contributed by atoms with E-state index in [-0.39, 0.29) is 11.7 Å². The molecule has 6 nitrogen and oxygen atoms in total. The summed E-state index contributed by atoms with van der Waals surface area (Å²) in [5.41, 5.74) is 1.28. The lowest BCUT2D eigenvalue weighted by atomic mass is 10.2. The Morgan fingerprint density at radius 1 is 1.39 bits per heavy atom. The fourth-order valence-electron chi connectivity index (χ4n) is 2.18. The summed E-state index contributed by atoms with van der Waals surface area (Å²) >= 11 is 2.06. The van der Waals surface area contributed by atoms with Gasteiger partial charge in [0.2, 0.25) is 0 Å². The maximum atomic E-state index is 13.2. The molecule has 0 radical (unpaired) electrons. The van der Waals surface area contributed by atoms with Crippen molar-refractivity contribution in [2.24, 2.45) is 7.05 Å². The Morgan fingerprint density at radius 3 is 2.91 bits per heavy atom. The van der Waals surface area contributed by atoms with E-state index in [9.17, 15) is 9.18 Å². The van der Waals surface area contributed by atoms with Gasteiger partial charge in [-0.15, -0.1) is 0 Å². The number of hydrogen-bond acceptors (Lipinski definition) is 3. The fourth-order valence-corrected chi connectivity index (χ4v) is 2.90. The molecule has 3 aromatic rings. The number of aromatic nitrogens is 4. The van der Waals surface area contributed by atoms with Crippen LogP contribution in [-0.4, -0.2) is 25.5 Å². The first-order valence-electron chi connectivity index (χ1n) is 6.79. The summed E-state index contributed by atoms with van der Waals surface area (Å²) in [4.78, 5) is 12.3. The van der Waals surface area contributed by atoms with Crippen LogP contribution < -0.4 is 5.32 Å². The highest BCUT2D eigenvalue weighted by atomic mass is 127. The molecule has 0 saturated carbocycles. The van der Waals surface area contributed by atoms with Crippen molar-refractivity contribution < 1.29 is 9.18 Å². The maximum Gasteiger partial charge on any atom is 0.276 e. The zero-order valence-electron chi connectivity index (χ0n) is 12.2. The second-order valence-corrected chi connectivity index (χ2v) is 6.11. The highest BCUT2D eigenvalue weighted by molar-refractivity contribution is 14.1. The van der Waals surface area contributed by atoms with Gasteiger partial charge < -0.3 is 5.32 Å². The third-order valence-corrected chi connectivity index (χ3v) is 4.01. The molecule has 2 aromatic heterocycles. The van der Waals surface area contributed by atoms with E-state index in [0.717, 1.165) is 9.13 Å². The van der Waals surface area contributed by atoms with Gasteiger partial charge in [0.05, 0.1) is 16.3 Å². The first kappa shape index (κ1) is 15.7. The first-order chi connectivity index (χ1) is 11.0. The monoisotopic (exact) mass is 425 g/mol. The van der Waals surface area contributed by atoms with E-state index in [1.165, 1.54) is 16.8 Å². The van der Waals surface area contributed by atoms with Crippen molar-refractivity contribution in [1.82, 2.24) is 19.6 Å². The molecule has 1 aromatic carbocycles. The number of benzene rings is 1. The molecule has 0 saturated heterocycles. The molecule has 1 N–H and O–H groups in total. The lowest BCUT2D eigenvalue weighted by Gasteiger charge is -2.04. The molecule has 3 rings (SSSR count). The van der Waals surface area contributed by atoms with Gasteiger partial charge in [-0.1, -0.05) is 12.1 Å². The minimum atomic E-state index is -0.283. The molecule has 0 aliphatic carbocycles. The predicted molar refractivity (Wildman–Crippen MR) is 91.6 cm³/mol. The molecule has 118 valence electrons. The van der Waals surface area contributed by atoms with Gasteiger partial charge in [0.15, 0.2) is 5.82 Å². The Morgan fingerprint density at radius 2 is 2.22 bits per heavy atom. The summed E-state index contributed by atoms with van der Waals surface area (Å²) in [6.07, 6.45) is 3.35. The van der Waals surface area contributed by atoms with Crippen molar-refractivity contribution >= 4 is 34.3 Å². The van der Waals surface area contributed by atoms with E-state index < -0.39 is 0 Å². The molecule has 8 heteroatoms. The molecule has 1 amide bonds. The summed E-state index contributed by atoms with van der Waals surface area (Å²) in [6.45, 7) is 0.427. The molecule has 0 atom stereocenters. The van der Waals surface area contributed by atoms with Crippen LogP contribution in [0.3, 0.4) is 0 Å². The van der Waals surface area contributed by atoms with E-state index in [0.29, 0.717) is 18.1 Å². The molecule has 0 bridgehead atoms. The lowest BCUT2D eigenvalue weighted by Crippen LogP contribution is -2.17. The SMILES string of the molecule is Cn1ncc(I)c1C(=O)Nc1ccn(Cc2cccc(F)c2)n1. The minimum Gasteiger partial charge on any atom is -0.304 e. The van der Waals surface area contributed by atoms with Gasteiger partial charge in [-0.25, -0.2) is 4.39 Å². The van der Waals surface area contributed by atoms with Crippen LogP contribution in [0.4, 0.5) is 10.2 Å². The van der Waals surface area contributed by atoms with E-state index >= 15 is 0 Å². The number of aryl methyl sites for hydroxylation is 1. The van der Waals surface area contributed by atoms with Crippen molar-refractivity contribution in [2.75, 3.05) is 5.32 Å². The van der Waals surface area contributed by atoms with E-state index in [1.807, 2.05) is 6.07 Å². The standard InChI is InChI=1S/C15H13FIN5O/c1-21-14(12(17)8-18-21)15(23)19-13-5-6-22(20-13)9-10-3-2-4-11(16)7-10/h2-8H,9H2,1H3,(H,19,20,23). The normalized spacial score (nSPS) is 10.7. The molecule has 2 heterocycles. The van der Waals surface area contributed by atoms with Crippen LogP contribution in [0.5, 0.6) is 0 Å². The highest BCUT2D eigenvalue weighted by Crippen LogP contribution is 2.13. The molecular weight excluding hydrogens is 412 g/mol. The predicted octanol–water partition coefficient (Wildman–Crippen LogP) is 2.66. The van der Waals surface area contributed by atoms with Gasteiger partial charge in [-0.2, -0.15) is 10.2 Å². The molecular formula is C15H13FIN5O. The number of hydrogen-bond donors (Lipinski definition) is 1. The average Bonchev–Trinajstić information content (AvgIpc) is 3.06. The number of carbonyl (C=O) groups is 1. The number of rotatable bonds is 4. The fraction of sp³-hybridized carbons (Fsp3) is 0.133. The van der Waals surface area contributed by atoms with Crippen LogP contribution in [0.15, 0.2) is 42.7 Å². The molecule has 0 spiro atoms. The van der Waals surface area contributed by atoms with Crippen LogP contribution in [0.1, 0.15) is 16.1 Å². The van der Waals surface area contributed by atoms with Crippen LogP contribution >= 0.6 is 22.6 Å². The number of anilines is 1. The van der Waals surface area contributed by atoms with E-state index in [4.69, 9.17) is 0 Å². The van der Waals surface area contributed by atoms with E-state index in [2.05, 4.69) is 38.1 Å². The van der Waals surface area contributed by atoms with E-state index in [1.54, 1.807) is 36.3 Å². The van der Waals surface area contributed by atoms with Crippen molar-refractivity contribution in [3.05, 3.63) is 63.4 Å². The summed E-state index contributed by atoms with van der Waals surface area (Å²) in [6, 6.07) is 8.02. The lowest BCUT2D eigenvalue weighted by molar-refractivity contribution is 0.101. The van der Waals surface area contributed by atoms with Gasteiger partial charge >= 0.3 is 0 Å². The third kappa shape index (κ3) is 3.58. The Labute approximate surface area is 145 Å². The smallest absolute Gasteiger partial charge is 0.276 e. The molecule has 0 aliphatic rings. The molecule has 23 heavy (non-hydrogen) atoms. The van der Waals surface area contributed by atoms with Crippen LogP contribution in [0.2, 0.25) is 0 Å². The number of amides is 1. The van der Waals surface area contributed by atoms with Gasteiger partial charge in [0, 0.05) is 19.3 Å². The Kier molecular flexibility index (Phi) is 4.42. The summed E-state index contributed by atoms with van der Waals surface area (Å²) in [5, 5.41) is 11.0. The first-order valence-corrected chi connectivity index (χ1v) is 7.87. The Bertz CT molecular complexity index is 838. The molecule has 0 fully saturated rings. The van der Waals surface area contributed by atoms with Crippen LogP contribution in [-0.2, 0) is 13.6 Å². The molecule has 0 unspecified atom stereocenters. The van der Waals surface area contributed by atoms with Crippen molar-refractivity contribution in [3.8, 4) is 0 Å². The van der Waals surface area contributed by atoms with Crippen LogP contribution in [0.25, 0.3) is 0 Å². The van der Waals surface area contributed by atoms with Gasteiger partial charge in [0.25, 0.3) is 5.91 Å². The second kappa shape index (κ2) is 6.49. The largest absolute Gasteiger partial charge is 0.304 e. The highest BCUT2D eigenvalue weighted by Gasteiger charge is 2.16. The third-order valence-electron chi connectivity index (χ3n) is 3.23. The average molecular weight is 425 g/mol. The summed E-state index contributed by atoms with van der Waals surface area (Å²) in [7, 11) is 1.71. The van der Waals surface area contributed by atoms with Gasteiger partial charge in [0.1, 0.15) is 11.5 Å². The van der Waals surface area contributed by atoms with Gasteiger partial charge in [-0.3, -0.25) is 14.2 Å². The summed E-state index contributed by atoms with van der Waals surface area (Å²) in [5.74, 6) is -0.122. The number of halogens is 2.